The first-order valence-electron chi connectivity index (χ1n) is 8.56. The predicted molar refractivity (Wildman–Crippen MR) is 79.8 cm³/mol. The minimum Gasteiger partial charge on any atom is -0.129 e. The van der Waals surface area contributed by atoms with E-state index in [4.69, 9.17) is 0 Å². The average molecular weight is 256 g/mol. The van der Waals surface area contributed by atoms with Crippen LogP contribution in [0.2, 0.25) is 0 Å². The second-order valence-corrected chi connectivity index (χ2v) is 8.35. The van der Waals surface area contributed by atoms with E-state index < -0.39 is 0 Å². The van der Waals surface area contributed by atoms with Gasteiger partial charge in [0, 0.05) is 0 Å². The first-order chi connectivity index (χ1) is 9.13. The zero-order chi connectivity index (χ0) is 13.1. The number of allylic oxidation sites excluding steroid dienone is 1. The van der Waals surface area contributed by atoms with Crippen LogP contribution in [0.5, 0.6) is 0 Å². The Morgan fingerprint density at radius 3 is 2.79 bits per heavy atom. The second kappa shape index (κ2) is 4.01. The third kappa shape index (κ3) is 1.59. The molecular weight excluding hydrogens is 228 g/mol. The van der Waals surface area contributed by atoms with Crippen LogP contribution in [-0.2, 0) is 0 Å². The fourth-order valence-electron chi connectivity index (χ4n) is 6.51. The van der Waals surface area contributed by atoms with Crippen LogP contribution in [0, 0.1) is 34.5 Å². The van der Waals surface area contributed by atoms with Gasteiger partial charge in [0.1, 0.15) is 0 Å². The van der Waals surface area contributed by atoms with Gasteiger partial charge in [-0.15, -0.1) is 5.73 Å². The molecule has 0 aromatic heterocycles. The van der Waals surface area contributed by atoms with Crippen molar-refractivity contribution < 1.29 is 0 Å². The van der Waals surface area contributed by atoms with Crippen molar-refractivity contribution in [3.63, 3.8) is 0 Å². The number of hydrogen-bond donors (Lipinski definition) is 0. The van der Waals surface area contributed by atoms with Gasteiger partial charge >= 0.3 is 0 Å². The number of hydrogen-bond acceptors (Lipinski definition) is 0. The summed E-state index contributed by atoms with van der Waals surface area (Å²) in [6.07, 6.45) is 16.6. The van der Waals surface area contributed by atoms with E-state index in [2.05, 4.69) is 31.7 Å². The largest absolute Gasteiger partial charge is 0.129 e. The van der Waals surface area contributed by atoms with Gasteiger partial charge in [-0.05, 0) is 91.6 Å². The lowest BCUT2D eigenvalue weighted by atomic mass is 9.47. The highest BCUT2D eigenvalue weighted by Gasteiger charge is 2.56. The molecule has 0 N–H and O–H groups in total. The van der Waals surface area contributed by atoms with E-state index in [0.29, 0.717) is 10.8 Å². The molecule has 0 aromatic rings. The molecule has 6 atom stereocenters. The Kier molecular flexibility index (Phi) is 2.59. The van der Waals surface area contributed by atoms with Crippen LogP contribution >= 0.6 is 0 Å². The molecule has 0 heterocycles. The molecule has 0 aromatic carbocycles. The Hall–Kier alpha value is -0.480. The van der Waals surface area contributed by atoms with Crippen LogP contribution < -0.4 is 0 Å². The minimum absolute atomic E-state index is 0.474. The van der Waals surface area contributed by atoms with Crippen molar-refractivity contribution in [2.75, 3.05) is 0 Å². The van der Waals surface area contributed by atoms with Gasteiger partial charge in [0.15, 0.2) is 0 Å². The summed E-state index contributed by atoms with van der Waals surface area (Å²) < 4.78 is 0. The summed E-state index contributed by atoms with van der Waals surface area (Å²) >= 11 is 0. The van der Waals surface area contributed by atoms with Gasteiger partial charge in [0.2, 0.25) is 0 Å². The quantitative estimate of drug-likeness (QED) is 0.512. The van der Waals surface area contributed by atoms with Gasteiger partial charge in [0.25, 0.3) is 0 Å². The summed E-state index contributed by atoms with van der Waals surface area (Å²) in [5, 5.41) is 0. The molecule has 4 rings (SSSR count). The molecule has 0 saturated heterocycles. The normalized spacial score (nSPS) is 55.5. The molecule has 0 spiro atoms. The van der Waals surface area contributed by atoms with Crippen molar-refractivity contribution in [3.05, 3.63) is 17.9 Å². The van der Waals surface area contributed by atoms with E-state index in [1.807, 2.05) is 0 Å². The molecule has 0 aliphatic heterocycles. The molecule has 0 nitrogen and oxygen atoms in total. The molecular formula is C19H28. The summed E-state index contributed by atoms with van der Waals surface area (Å²) in [6, 6.07) is 0. The van der Waals surface area contributed by atoms with Crippen LogP contribution in [0.3, 0.4) is 0 Å². The van der Waals surface area contributed by atoms with Gasteiger partial charge in [-0.2, -0.15) is 0 Å². The van der Waals surface area contributed by atoms with Crippen molar-refractivity contribution in [3.8, 4) is 0 Å². The van der Waals surface area contributed by atoms with Crippen LogP contribution in [0.15, 0.2) is 17.9 Å². The maximum Gasteiger partial charge on any atom is -0.000851 e. The zero-order valence-electron chi connectivity index (χ0n) is 12.6. The molecule has 3 saturated carbocycles. The Labute approximate surface area is 118 Å². The van der Waals surface area contributed by atoms with Crippen LogP contribution in [0.1, 0.15) is 65.2 Å². The first-order valence-corrected chi connectivity index (χ1v) is 8.56. The summed E-state index contributed by atoms with van der Waals surface area (Å²) in [5.41, 5.74) is 4.66. The lowest BCUT2D eigenvalue weighted by Gasteiger charge is -2.57. The Bertz CT molecular complexity index is 441. The van der Waals surface area contributed by atoms with E-state index in [-0.39, 0.29) is 0 Å². The smallest absolute Gasteiger partial charge is 0.000851 e. The average Bonchev–Trinajstić information content (AvgIpc) is 2.79. The summed E-state index contributed by atoms with van der Waals surface area (Å²) in [5.74, 6) is 3.95. The number of rotatable bonds is 0. The fraction of sp³-hybridized carbons (Fsp3) is 0.842. The molecule has 0 amide bonds. The SMILES string of the molecule is C[C@@]12CCC[C@H]1[C@@H]1CCC3CC=C=C[C@]3(C)[C@H]1CC2. The third-order valence-corrected chi connectivity index (χ3v) is 7.66. The lowest BCUT2D eigenvalue weighted by molar-refractivity contribution is -0.0641. The molecule has 4 aliphatic rings. The molecule has 4 aliphatic carbocycles. The maximum absolute atomic E-state index is 3.48. The van der Waals surface area contributed by atoms with Gasteiger partial charge < -0.3 is 0 Å². The first kappa shape index (κ1) is 12.3. The van der Waals surface area contributed by atoms with Gasteiger partial charge in [0.05, 0.1) is 0 Å². The summed E-state index contributed by atoms with van der Waals surface area (Å²) in [6.45, 7) is 5.16. The van der Waals surface area contributed by atoms with Crippen molar-refractivity contribution in [2.45, 2.75) is 65.2 Å². The maximum atomic E-state index is 3.48. The Morgan fingerprint density at radius 1 is 1.00 bits per heavy atom. The molecule has 0 radical (unpaired) electrons. The highest BCUT2D eigenvalue weighted by molar-refractivity contribution is 5.15. The molecule has 19 heavy (non-hydrogen) atoms. The van der Waals surface area contributed by atoms with Crippen LogP contribution in [-0.4, -0.2) is 0 Å². The van der Waals surface area contributed by atoms with Gasteiger partial charge in [-0.1, -0.05) is 20.3 Å². The van der Waals surface area contributed by atoms with Crippen molar-refractivity contribution in [1.82, 2.24) is 0 Å². The van der Waals surface area contributed by atoms with E-state index >= 15 is 0 Å². The summed E-state index contributed by atoms with van der Waals surface area (Å²) in [4.78, 5) is 0. The predicted octanol–water partition coefficient (Wildman–Crippen LogP) is 5.35. The standard InChI is InChI=1S/C19H28/c1-18-11-5-7-16(18)15-9-8-14-6-3-4-12-19(14,2)17(15)10-13-18/h3,12,14-17H,5-11,13H2,1-2H3/t14?,15-,16-,17-,18-,19-/m0/s1. The fourth-order valence-corrected chi connectivity index (χ4v) is 6.51. The monoisotopic (exact) mass is 256 g/mol. The number of fused-ring (bicyclic) bond motifs is 5. The topological polar surface area (TPSA) is 0 Å². The van der Waals surface area contributed by atoms with E-state index in [0.717, 1.165) is 23.7 Å². The third-order valence-electron chi connectivity index (χ3n) is 7.66. The van der Waals surface area contributed by atoms with E-state index in [9.17, 15) is 0 Å². The minimum atomic E-state index is 0.474. The van der Waals surface area contributed by atoms with E-state index in [1.54, 1.807) is 0 Å². The Balaban J connectivity index is 1.70. The van der Waals surface area contributed by atoms with Crippen LogP contribution in [0.25, 0.3) is 0 Å². The van der Waals surface area contributed by atoms with Crippen molar-refractivity contribution in [1.29, 1.82) is 0 Å². The second-order valence-electron chi connectivity index (χ2n) is 8.35. The van der Waals surface area contributed by atoms with E-state index in [1.165, 1.54) is 51.4 Å². The van der Waals surface area contributed by atoms with Crippen molar-refractivity contribution in [2.24, 2.45) is 34.5 Å². The van der Waals surface area contributed by atoms with Crippen LogP contribution in [0.4, 0.5) is 0 Å². The zero-order valence-corrected chi connectivity index (χ0v) is 12.6. The highest BCUT2D eigenvalue weighted by atomic mass is 14.6. The molecule has 0 bridgehead atoms. The van der Waals surface area contributed by atoms with Gasteiger partial charge in [-0.25, -0.2) is 0 Å². The highest BCUT2D eigenvalue weighted by Crippen LogP contribution is 2.64. The Morgan fingerprint density at radius 2 is 1.89 bits per heavy atom. The summed E-state index contributed by atoms with van der Waals surface area (Å²) in [7, 11) is 0. The molecule has 3 fully saturated rings. The van der Waals surface area contributed by atoms with Crippen molar-refractivity contribution >= 4 is 0 Å². The van der Waals surface area contributed by atoms with Gasteiger partial charge in [-0.3, -0.25) is 0 Å². The lowest BCUT2D eigenvalue weighted by Crippen LogP contribution is -2.50. The molecule has 0 heteroatoms. The molecule has 1 unspecified atom stereocenters. The molecule has 104 valence electrons.